The molecular weight excluding hydrogens is 378 g/mol. The maximum Gasteiger partial charge on any atom is 0.338 e. The molecule has 2 aromatic carbocycles. The maximum atomic E-state index is 13.4. The Labute approximate surface area is 166 Å². The highest BCUT2D eigenvalue weighted by Crippen LogP contribution is 2.38. The molecule has 2 aromatic rings. The third-order valence-corrected chi connectivity index (χ3v) is 4.60. The van der Waals surface area contributed by atoms with Crippen LogP contribution in [0.25, 0.3) is 0 Å². The van der Waals surface area contributed by atoms with Gasteiger partial charge >= 0.3 is 5.97 Å². The highest BCUT2D eigenvalue weighted by Gasteiger charge is 2.44. The van der Waals surface area contributed by atoms with Crippen molar-refractivity contribution in [3.05, 3.63) is 63.7 Å². The standard InChI is InChI=1S/C20H19N3O6/c1-4-29-18(25)13-9-12(10-14(11-13)23(27)28)17(24)22-16-8-6-5-7-15(16)21-19(26)20(22,2)3/h5-11H,4H2,1-3H3,(H,21,26). The molecule has 0 saturated carbocycles. The molecule has 0 atom stereocenters. The molecule has 0 aliphatic carbocycles. The number of anilines is 2. The van der Waals surface area contributed by atoms with E-state index in [1.54, 1.807) is 45.0 Å². The van der Waals surface area contributed by atoms with Gasteiger partial charge in [0.25, 0.3) is 11.6 Å². The van der Waals surface area contributed by atoms with E-state index in [9.17, 15) is 24.5 Å². The Balaban J connectivity index is 2.15. The number of nitrogens with one attached hydrogen (secondary N) is 1. The number of para-hydroxylation sites is 2. The van der Waals surface area contributed by atoms with Crippen molar-refractivity contribution >= 4 is 34.8 Å². The minimum atomic E-state index is -1.26. The van der Waals surface area contributed by atoms with E-state index in [2.05, 4.69) is 5.32 Å². The van der Waals surface area contributed by atoms with Gasteiger partial charge in [-0.2, -0.15) is 0 Å². The molecule has 0 bridgehead atoms. The molecule has 9 nitrogen and oxygen atoms in total. The quantitative estimate of drug-likeness (QED) is 0.481. The van der Waals surface area contributed by atoms with E-state index in [0.29, 0.717) is 11.4 Å². The van der Waals surface area contributed by atoms with Gasteiger partial charge in [0, 0.05) is 17.7 Å². The lowest BCUT2D eigenvalue weighted by atomic mass is 9.94. The molecule has 3 rings (SSSR count). The van der Waals surface area contributed by atoms with Gasteiger partial charge in [-0.25, -0.2) is 4.79 Å². The SMILES string of the molecule is CCOC(=O)c1cc(C(=O)N2c3ccccc3NC(=O)C2(C)C)cc([N+](=O)[O-])c1. The van der Waals surface area contributed by atoms with Crippen LogP contribution < -0.4 is 10.2 Å². The summed E-state index contributed by atoms with van der Waals surface area (Å²) in [6.45, 7) is 4.82. The molecular formula is C20H19N3O6. The summed E-state index contributed by atoms with van der Waals surface area (Å²) in [5, 5.41) is 14.1. The number of hydrogen-bond acceptors (Lipinski definition) is 6. The number of non-ortho nitro benzene ring substituents is 1. The largest absolute Gasteiger partial charge is 0.462 e. The van der Waals surface area contributed by atoms with E-state index >= 15 is 0 Å². The van der Waals surface area contributed by atoms with Crippen LogP contribution in [0.4, 0.5) is 17.1 Å². The number of rotatable bonds is 4. The number of nitrogens with zero attached hydrogens (tertiary/aromatic N) is 2. The van der Waals surface area contributed by atoms with Crippen molar-refractivity contribution in [1.29, 1.82) is 0 Å². The third-order valence-electron chi connectivity index (χ3n) is 4.60. The van der Waals surface area contributed by atoms with E-state index in [4.69, 9.17) is 4.74 Å². The van der Waals surface area contributed by atoms with Crippen molar-refractivity contribution < 1.29 is 24.0 Å². The van der Waals surface area contributed by atoms with Crippen LogP contribution in [0.5, 0.6) is 0 Å². The number of nitro benzene ring substituents is 1. The maximum absolute atomic E-state index is 13.4. The Hall–Kier alpha value is -3.75. The lowest BCUT2D eigenvalue weighted by molar-refractivity contribution is -0.384. The van der Waals surface area contributed by atoms with Crippen molar-refractivity contribution in [1.82, 2.24) is 0 Å². The Bertz CT molecular complexity index is 1030. The summed E-state index contributed by atoms with van der Waals surface area (Å²) in [6.07, 6.45) is 0. The van der Waals surface area contributed by atoms with E-state index in [1.807, 2.05) is 0 Å². The monoisotopic (exact) mass is 397 g/mol. The van der Waals surface area contributed by atoms with Gasteiger partial charge < -0.3 is 10.1 Å². The molecule has 0 unspecified atom stereocenters. The minimum absolute atomic E-state index is 0.0809. The van der Waals surface area contributed by atoms with Crippen LogP contribution in [0.3, 0.4) is 0 Å². The second-order valence-corrected chi connectivity index (χ2v) is 6.92. The van der Waals surface area contributed by atoms with Gasteiger partial charge in [0.05, 0.1) is 28.5 Å². The number of carbonyl (C=O) groups excluding carboxylic acids is 3. The van der Waals surface area contributed by atoms with Crippen molar-refractivity contribution in [2.45, 2.75) is 26.3 Å². The van der Waals surface area contributed by atoms with Gasteiger partial charge in [-0.1, -0.05) is 12.1 Å². The first kappa shape index (κ1) is 20.0. The zero-order valence-electron chi connectivity index (χ0n) is 16.1. The average molecular weight is 397 g/mol. The first-order valence-electron chi connectivity index (χ1n) is 8.88. The number of carbonyl (C=O) groups is 3. The topological polar surface area (TPSA) is 119 Å². The number of esters is 1. The summed E-state index contributed by atoms with van der Waals surface area (Å²) in [5.74, 6) is -1.83. The number of fused-ring (bicyclic) bond motifs is 1. The smallest absolute Gasteiger partial charge is 0.338 e. The Morgan fingerprint density at radius 3 is 2.48 bits per heavy atom. The summed E-state index contributed by atoms with van der Waals surface area (Å²) in [4.78, 5) is 50.0. The zero-order valence-corrected chi connectivity index (χ0v) is 16.1. The molecule has 1 aliphatic heterocycles. The lowest BCUT2D eigenvalue weighted by Crippen LogP contribution is -2.58. The second-order valence-electron chi connectivity index (χ2n) is 6.92. The molecule has 1 N–H and O–H groups in total. The van der Waals surface area contributed by atoms with Crippen molar-refractivity contribution in [3.8, 4) is 0 Å². The summed E-state index contributed by atoms with van der Waals surface area (Å²) >= 11 is 0. The first-order valence-corrected chi connectivity index (χ1v) is 8.88. The molecule has 2 amide bonds. The molecule has 0 saturated heterocycles. The van der Waals surface area contributed by atoms with Gasteiger partial charge in [0.15, 0.2) is 0 Å². The Morgan fingerprint density at radius 2 is 1.83 bits per heavy atom. The van der Waals surface area contributed by atoms with Crippen LogP contribution in [0.2, 0.25) is 0 Å². The molecule has 150 valence electrons. The normalized spacial score (nSPS) is 14.6. The van der Waals surface area contributed by atoms with E-state index in [1.165, 1.54) is 11.0 Å². The average Bonchev–Trinajstić information content (AvgIpc) is 2.68. The van der Waals surface area contributed by atoms with Crippen LogP contribution in [0, 0.1) is 10.1 Å². The van der Waals surface area contributed by atoms with Crippen molar-refractivity contribution in [3.63, 3.8) is 0 Å². The van der Waals surface area contributed by atoms with Crippen molar-refractivity contribution in [2.24, 2.45) is 0 Å². The van der Waals surface area contributed by atoms with Crippen LogP contribution in [0.1, 0.15) is 41.5 Å². The van der Waals surface area contributed by atoms with Gasteiger partial charge in [0.1, 0.15) is 5.54 Å². The van der Waals surface area contributed by atoms with Crippen molar-refractivity contribution in [2.75, 3.05) is 16.8 Å². The van der Waals surface area contributed by atoms with Crippen LogP contribution >= 0.6 is 0 Å². The predicted octanol–water partition coefficient (Wildman–Crippen LogP) is 3.15. The predicted molar refractivity (Wildman–Crippen MR) is 105 cm³/mol. The van der Waals surface area contributed by atoms with Crippen LogP contribution in [-0.4, -0.2) is 34.9 Å². The molecule has 29 heavy (non-hydrogen) atoms. The highest BCUT2D eigenvalue weighted by atomic mass is 16.6. The van der Waals surface area contributed by atoms with Gasteiger partial charge in [-0.05, 0) is 39.0 Å². The summed E-state index contributed by atoms with van der Waals surface area (Å²) < 4.78 is 4.91. The Kier molecular flexibility index (Phi) is 5.06. The lowest BCUT2D eigenvalue weighted by Gasteiger charge is -2.42. The van der Waals surface area contributed by atoms with Crippen LogP contribution in [-0.2, 0) is 9.53 Å². The molecule has 1 heterocycles. The molecule has 9 heteroatoms. The number of amides is 2. The van der Waals surface area contributed by atoms with Gasteiger partial charge in [-0.15, -0.1) is 0 Å². The molecule has 0 radical (unpaired) electrons. The molecule has 0 aromatic heterocycles. The van der Waals surface area contributed by atoms with E-state index in [0.717, 1.165) is 12.1 Å². The summed E-state index contributed by atoms with van der Waals surface area (Å²) in [7, 11) is 0. The number of ether oxygens (including phenoxy) is 1. The van der Waals surface area contributed by atoms with Gasteiger partial charge in [-0.3, -0.25) is 24.6 Å². The fourth-order valence-electron chi connectivity index (χ4n) is 3.12. The second kappa shape index (κ2) is 7.34. The highest BCUT2D eigenvalue weighted by molar-refractivity contribution is 6.18. The minimum Gasteiger partial charge on any atom is -0.462 e. The Morgan fingerprint density at radius 1 is 1.17 bits per heavy atom. The fraction of sp³-hybridized carbons (Fsp3) is 0.250. The van der Waals surface area contributed by atoms with Crippen LogP contribution in [0.15, 0.2) is 42.5 Å². The first-order chi connectivity index (χ1) is 13.7. The molecule has 1 aliphatic rings. The van der Waals surface area contributed by atoms with E-state index in [-0.39, 0.29) is 17.7 Å². The zero-order chi connectivity index (χ0) is 21.3. The molecule has 0 fully saturated rings. The number of hydrogen-bond donors (Lipinski definition) is 1. The summed E-state index contributed by atoms with van der Waals surface area (Å²) in [5.41, 5.74) is -1.00. The fourth-order valence-corrected chi connectivity index (χ4v) is 3.12. The van der Waals surface area contributed by atoms with Gasteiger partial charge in [0.2, 0.25) is 5.91 Å². The number of nitro groups is 1. The van der Waals surface area contributed by atoms with E-state index < -0.39 is 33.9 Å². The third kappa shape index (κ3) is 3.54. The summed E-state index contributed by atoms with van der Waals surface area (Å²) in [6, 6.07) is 10.1. The molecule has 0 spiro atoms. The number of benzene rings is 2.